The van der Waals surface area contributed by atoms with Crippen molar-refractivity contribution in [1.29, 1.82) is 0 Å². The Bertz CT molecular complexity index is 476. The summed E-state index contributed by atoms with van der Waals surface area (Å²) in [4.78, 5) is 19.8. The minimum absolute atomic E-state index is 0.0354. The molecule has 15 heavy (non-hydrogen) atoms. The number of thiazole rings is 2. The Morgan fingerprint density at radius 2 is 2.40 bits per heavy atom. The summed E-state index contributed by atoms with van der Waals surface area (Å²) in [6.07, 6.45) is 0.0354. The van der Waals surface area contributed by atoms with E-state index < -0.39 is 5.97 Å². The third kappa shape index (κ3) is 2.21. The number of hydrogen-bond donors (Lipinski definition) is 1. The van der Waals surface area contributed by atoms with Gasteiger partial charge in [-0.1, -0.05) is 0 Å². The largest absolute Gasteiger partial charge is 0.481 e. The van der Waals surface area contributed by atoms with Gasteiger partial charge in [-0.25, -0.2) is 9.97 Å². The number of hydrogen-bond acceptors (Lipinski definition) is 5. The first-order chi connectivity index (χ1) is 7.16. The SMILES string of the molecule is Cc1nc(-c2cscn2)sc1CC(=O)O. The molecule has 0 aliphatic rings. The summed E-state index contributed by atoms with van der Waals surface area (Å²) in [5.41, 5.74) is 3.35. The predicted octanol–water partition coefficient (Wildman–Crippen LogP) is 2.20. The van der Waals surface area contributed by atoms with Crippen molar-refractivity contribution in [1.82, 2.24) is 9.97 Å². The van der Waals surface area contributed by atoms with Crippen LogP contribution in [0.5, 0.6) is 0 Å². The van der Waals surface area contributed by atoms with Crippen molar-refractivity contribution in [3.8, 4) is 10.7 Å². The summed E-state index contributed by atoms with van der Waals surface area (Å²) in [7, 11) is 0. The zero-order valence-electron chi connectivity index (χ0n) is 7.93. The number of rotatable bonds is 3. The maximum Gasteiger partial charge on any atom is 0.308 e. The van der Waals surface area contributed by atoms with Gasteiger partial charge in [-0.05, 0) is 6.92 Å². The second kappa shape index (κ2) is 4.08. The Morgan fingerprint density at radius 1 is 1.60 bits per heavy atom. The van der Waals surface area contributed by atoms with Crippen LogP contribution in [0.4, 0.5) is 0 Å². The van der Waals surface area contributed by atoms with Crippen molar-refractivity contribution in [2.75, 3.05) is 0 Å². The molecule has 0 atom stereocenters. The smallest absolute Gasteiger partial charge is 0.308 e. The number of aliphatic carboxylic acids is 1. The first kappa shape index (κ1) is 10.3. The third-order valence-corrected chi connectivity index (χ3v) is 3.62. The molecule has 78 valence electrons. The van der Waals surface area contributed by atoms with Crippen molar-refractivity contribution in [2.45, 2.75) is 13.3 Å². The highest BCUT2D eigenvalue weighted by molar-refractivity contribution is 7.15. The summed E-state index contributed by atoms with van der Waals surface area (Å²) in [5.74, 6) is -0.827. The number of aromatic nitrogens is 2. The monoisotopic (exact) mass is 240 g/mol. The molecule has 0 fully saturated rings. The van der Waals surface area contributed by atoms with Crippen molar-refractivity contribution in [3.05, 3.63) is 21.5 Å². The maximum atomic E-state index is 10.6. The van der Waals surface area contributed by atoms with Gasteiger partial charge in [0.1, 0.15) is 10.7 Å². The molecule has 6 heteroatoms. The Balaban J connectivity index is 2.33. The van der Waals surface area contributed by atoms with Gasteiger partial charge in [0.05, 0.1) is 17.6 Å². The van der Waals surface area contributed by atoms with E-state index in [9.17, 15) is 4.79 Å². The van der Waals surface area contributed by atoms with Crippen LogP contribution < -0.4 is 0 Å². The van der Waals surface area contributed by atoms with E-state index in [1.54, 1.807) is 5.51 Å². The van der Waals surface area contributed by atoms with Crippen LogP contribution in [-0.4, -0.2) is 21.0 Å². The first-order valence-corrected chi connectivity index (χ1v) is 5.99. The minimum Gasteiger partial charge on any atom is -0.481 e. The minimum atomic E-state index is -0.827. The molecule has 0 saturated carbocycles. The molecule has 0 bridgehead atoms. The lowest BCUT2D eigenvalue weighted by molar-refractivity contribution is -0.136. The molecule has 4 nitrogen and oxygen atoms in total. The second-order valence-electron chi connectivity index (χ2n) is 2.97. The highest BCUT2D eigenvalue weighted by atomic mass is 32.1. The molecular weight excluding hydrogens is 232 g/mol. The van der Waals surface area contributed by atoms with Crippen molar-refractivity contribution < 1.29 is 9.90 Å². The van der Waals surface area contributed by atoms with E-state index in [4.69, 9.17) is 5.11 Å². The Labute approximate surface area is 94.3 Å². The van der Waals surface area contributed by atoms with Crippen LogP contribution in [0.15, 0.2) is 10.9 Å². The van der Waals surface area contributed by atoms with Crippen LogP contribution in [-0.2, 0) is 11.2 Å². The van der Waals surface area contributed by atoms with Crippen molar-refractivity contribution >= 4 is 28.6 Å². The van der Waals surface area contributed by atoms with Gasteiger partial charge in [-0.15, -0.1) is 22.7 Å². The Hall–Kier alpha value is -1.27. The lowest BCUT2D eigenvalue weighted by atomic mass is 10.3. The molecule has 2 aromatic rings. The van der Waals surface area contributed by atoms with Gasteiger partial charge in [0.15, 0.2) is 0 Å². The average molecular weight is 240 g/mol. The molecule has 0 aliphatic carbocycles. The number of nitrogens with zero attached hydrogens (tertiary/aromatic N) is 2. The lowest BCUT2D eigenvalue weighted by Gasteiger charge is -1.89. The van der Waals surface area contributed by atoms with E-state index in [1.165, 1.54) is 22.7 Å². The van der Waals surface area contributed by atoms with Crippen molar-refractivity contribution in [3.63, 3.8) is 0 Å². The quantitative estimate of drug-likeness (QED) is 0.893. The fourth-order valence-corrected chi connectivity index (χ4v) is 2.79. The van der Waals surface area contributed by atoms with E-state index in [2.05, 4.69) is 9.97 Å². The van der Waals surface area contributed by atoms with Crippen LogP contribution in [0.3, 0.4) is 0 Å². The summed E-state index contributed by atoms with van der Waals surface area (Å²) >= 11 is 2.90. The molecule has 0 aliphatic heterocycles. The Kier molecular flexibility index (Phi) is 2.79. The summed E-state index contributed by atoms with van der Waals surface area (Å²) in [6.45, 7) is 1.82. The molecule has 0 spiro atoms. The molecule has 0 amide bonds. The van der Waals surface area contributed by atoms with Gasteiger partial charge >= 0.3 is 5.97 Å². The molecule has 1 N–H and O–H groups in total. The van der Waals surface area contributed by atoms with Crippen molar-refractivity contribution in [2.24, 2.45) is 0 Å². The molecule has 2 heterocycles. The highest BCUT2D eigenvalue weighted by Gasteiger charge is 2.12. The highest BCUT2D eigenvalue weighted by Crippen LogP contribution is 2.27. The van der Waals surface area contributed by atoms with Crippen LogP contribution >= 0.6 is 22.7 Å². The number of aryl methyl sites for hydroxylation is 1. The number of carboxylic acids is 1. The van der Waals surface area contributed by atoms with E-state index in [1.807, 2.05) is 12.3 Å². The van der Waals surface area contributed by atoms with Gasteiger partial charge in [-0.3, -0.25) is 4.79 Å². The second-order valence-corrected chi connectivity index (χ2v) is 4.77. The summed E-state index contributed by atoms with van der Waals surface area (Å²) < 4.78 is 0. The molecule has 0 unspecified atom stereocenters. The third-order valence-electron chi connectivity index (χ3n) is 1.86. The predicted molar refractivity (Wildman–Crippen MR) is 59.3 cm³/mol. The maximum absolute atomic E-state index is 10.6. The van der Waals surface area contributed by atoms with Gasteiger partial charge in [0.25, 0.3) is 0 Å². The fraction of sp³-hybridized carbons (Fsp3) is 0.222. The van der Waals surface area contributed by atoms with Gasteiger partial charge in [0.2, 0.25) is 0 Å². The zero-order chi connectivity index (χ0) is 10.8. The average Bonchev–Trinajstić information content (AvgIpc) is 2.75. The van der Waals surface area contributed by atoms with Gasteiger partial charge in [-0.2, -0.15) is 0 Å². The van der Waals surface area contributed by atoms with E-state index in [-0.39, 0.29) is 6.42 Å². The van der Waals surface area contributed by atoms with Gasteiger partial charge in [0, 0.05) is 10.3 Å². The molecular formula is C9H8N2O2S2. The molecule has 0 radical (unpaired) electrons. The normalized spacial score (nSPS) is 10.5. The molecule has 2 rings (SSSR count). The topological polar surface area (TPSA) is 63.1 Å². The summed E-state index contributed by atoms with van der Waals surface area (Å²) in [5, 5.41) is 11.4. The zero-order valence-corrected chi connectivity index (χ0v) is 9.56. The van der Waals surface area contributed by atoms with E-state index in [0.717, 1.165) is 21.3 Å². The fourth-order valence-electron chi connectivity index (χ4n) is 1.16. The molecule has 0 aromatic carbocycles. The van der Waals surface area contributed by atoms with Gasteiger partial charge < -0.3 is 5.11 Å². The first-order valence-electron chi connectivity index (χ1n) is 4.23. The van der Waals surface area contributed by atoms with E-state index >= 15 is 0 Å². The molecule has 2 aromatic heterocycles. The van der Waals surface area contributed by atoms with Crippen LogP contribution in [0.2, 0.25) is 0 Å². The van der Waals surface area contributed by atoms with Crippen LogP contribution in [0, 0.1) is 6.92 Å². The summed E-state index contributed by atoms with van der Waals surface area (Å²) in [6, 6.07) is 0. The number of carbonyl (C=O) groups is 1. The molecule has 0 saturated heterocycles. The van der Waals surface area contributed by atoms with Crippen LogP contribution in [0.1, 0.15) is 10.6 Å². The van der Waals surface area contributed by atoms with E-state index in [0.29, 0.717) is 0 Å². The lowest BCUT2D eigenvalue weighted by Crippen LogP contribution is -1.99. The Morgan fingerprint density at radius 3 is 3.00 bits per heavy atom. The van der Waals surface area contributed by atoms with Crippen LogP contribution in [0.25, 0.3) is 10.7 Å². The number of carboxylic acid groups (broad SMARTS) is 1. The standard InChI is InChI=1S/C9H8N2O2S2/c1-5-7(2-8(12)13)15-9(11-5)6-3-14-4-10-6/h3-4H,2H2,1H3,(H,12,13).